The molecule has 0 bridgehead atoms. The van der Waals surface area contributed by atoms with Crippen LogP contribution in [0.4, 0.5) is 4.39 Å². The number of halogens is 1. The van der Waals surface area contributed by atoms with E-state index in [0.29, 0.717) is 18.2 Å². The molecule has 1 amide bonds. The highest BCUT2D eigenvalue weighted by Gasteiger charge is 2.20. The van der Waals surface area contributed by atoms with Crippen LogP contribution in [0.1, 0.15) is 23.6 Å². The highest BCUT2D eigenvalue weighted by atomic mass is 32.1. The lowest BCUT2D eigenvalue weighted by Crippen LogP contribution is -2.40. The largest absolute Gasteiger partial charge is 0.484 e. The molecule has 1 aliphatic rings. The Balaban J connectivity index is 1.29. The molecule has 1 aliphatic heterocycles. The zero-order valence-corrected chi connectivity index (χ0v) is 14.9. The zero-order chi connectivity index (χ0) is 17.5. The second-order valence-corrected chi connectivity index (χ2v) is 7.20. The number of likely N-dealkylation sites (tertiary alicyclic amines) is 1. The quantitative estimate of drug-likeness (QED) is 0.822. The number of thiophene rings is 1. The van der Waals surface area contributed by atoms with Gasteiger partial charge in [-0.05, 0) is 67.6 Å². The van der Waals surface area contributed by atoms with Crippen LogP contribution >= 0.6 is 11.3 Å². The van der Waals surface area contributed by atoms with Crippen molar-refractivity contribution in [1.29, 1.82) is 0 Å². The van der Waals surface area contributed by atoms with Crippen LogP contribution in [-0.4, -0.2) is 43.6 Å². The monoisotopic (exact) mass is 362 g/mol. The summed E-state index contributed by atoms with van der Waals surface area (Å²) in [6.07, 6.45) is 2.37. The maximum atomic E-state index is 12.8. The number of benzene rings is 1. The van der Waals surface area contributed by atoms with E-state index in [-0.39, 0.29) is 18.3 Å². The van der Waals surface area contributed by atoms with Crippen molar-refractivity contribution in [3.05, 3.63) is 52.5 Å². The van der Waals surface area contributed by atoms with E-state index >= 15 is 0 Å². The molecule has 0 saturated carbocycles. The number of amides is 1. The molecular formula is C19H23FN2O2S. The van der Waals surface area contributed by atoms with Gasteiger partial charge in [-0.3, -0.25) is 4.79 Å². The van der Waals surface area contributed by atoms with E-state index in [4.69, 9.17) is 4.74 Å². The van der Waals surface area contributed by atoms with E-state index in [2.05, 4.69) is 27.7 Å². The van der Waals surface area contributed by atoms with Crippen molar-refractivity contribution in [2.24, 2.45) is 0 Å². The second kappa shape index (κ2) is 8.97. The first-order valence-corrected chi connectivity index (χ1v) is 9.49. The molecule has 0 aliphatic carbocycles. The molecule has 1 fully saturated rings. The maximum Gasteiger partial charge on any atom is 0.257 e. The first-order chi connectivity index (χ1) is 12.2. The van der Waals surface area contributed by atoms with Crippen LogP contribution in [0.5, 0.6) is 5.75 Å². The summed E-state index contributed by atoms with van der Waals surface area (Å²) in [6, 6.07) is 10.0. The molecular weight excluding hydrogens is 339 g/mol. The van der Waals surface area contributed by atoms with Crippen LogP contribution in [-0.2, 0) is 4.79 Å². The number of carbonyl (C=O) groups excluding carboxylic acids is 1. The van der Waals surface area contributed by atoms with E-state index in [0.717, 1.165) is 19.6 Å². The van der Waals surface area contributed by atoms with Gasteiger partial charge in [-0.15, -0.1) is 11.3 Å². The third kappa shape index (κ3) is 5.54. The molecule has 0 unspecified atom stereocenters. The highest BCUT2D eigenvalue weighted by Crippen LogP contribution is 2.30. The van der Waals surface area contributed by atoms with Gasteiger partial charge in [0.05, 0.1) is 0 Å². The summed E-state index contributed by atoms with van der Waals surface area (Å²) in [5.74, 6) is 0.708. The lowest BCUT2D eigenvalue weighted by atomic mass is 9.95. The van der Waals surface area contributed by atoms with E-state index in [1.165, 1.54) is 42.0 Å². The van der Waals surface area contributed by atoms with Crippen LogP contribution < -0.4 is 10.1 Å². The lowest BCUT2D eigenvalue weighted by molar-refractivity contribution is -0.123. The SMILES string of the molecule is O=C(COc1ccc(F)cc1)NCCN1CCC(c2cccs2)CC1. The Labute approximate surface area is 151 Å². The third-order valence-electron chi connectivity index (χ3n) is 4.47. The topological polar surface area (TPSA) is 41.6 Å². The summed E-state index contributed by atoms with van der Waals surface area (Å²) >= 11 is 1.85. The summed E-state index contributed by atoms with van der Waals surface area (Å²) in [4.78, 5) is 15.7. The van der Waals surface area contributed by atoms with Crippen LogP contribution in [0.25, 0.3) is 0 Å². The molecule has 2 aromatic rings. The molecule has 6 heteroatoms. The Morgan fingerprint density at radius 2 is 2.00 bits per heavy atom. The molecule has 0 radical (unpaired) electrons. The first-order valence-electron chi connectivity index (χ1n) is 8.61. The lowest BCUT2D eigenvalue weighted by Gasteiger charge is -2.31. The van der Waals surface area contributed by atoms with Crippen molar-refractivity contribution in [2.45, 2.75) is 18.8 Å². The van der Waals surface area contributed by atoms with Gasteiger partial charge in [0.15, 0.2) is 6.61 Å². The minimum absolute atomic E-state index is 0.0495. The van der Waals surface area contributed by atoms with Gasteiger partial charge in [-0.1, -0.05) is 6.07 Å². The fourth-order valence-corrected chi connectivity index (χ4v) is 3.95. The zero-order valence-electron chi connectivity index (χ0n) is 14.1. The van der Waals surface area contributed by atoms with Crippen molar-refractivity contribution in [3.63, 3.8) is 0 Å². The Kier molecular flexibility index (Phi) is 6.42. The Hall–Kier alpha value is -1.92. The van der Waals surface area contributed by atoms with Gasteiger partial charge < -0.3 is 15.0 Å². The number of rotatable bonds is 7. The van der Waals surface area contributed by atoms with E-state index < -0.39 is 0 Å². The number of hydrogen-bond donors (Lipinski definition) is 1. The number of nitrogens with zero attached hydrogens (tertiary/aromatic N) is 1. The summed E-state index contributed by atoms with van der Waals surface area (Å²) < 4.78 is 18.1. The van der Waals surface area contributed by atoms with Gasteiger partial charge in [0, 0.05) is 18.0 Å². The van der Waals surface area contributed by atoms with Crippen LogP contribution in [0, 0.1) is 5.82 Å². The van der Waals surface area contributed by atoms with Gasteiger partial charge in [-0.2, -0.15) is 0 Å². The van der Waals surface area contributed by atoms with E-state index in [1.807, 2.05) is 11.3 Å². The van der Waals surface area contributed by atoms with Gasteiger partial charge in [0.25, 0.3) is 5.91 Å². The summed E-state index contributed by atoms with van der Waals surface area (Å²) in [7, 11) is 0. The molecule has 1 N–H and O–H groups in total. The molecule has 25 heavy (non-hydrogen) atoms. The molecule has 3 rings (SSSR count). The fraction of sp³-hybridized carbons (Fsp3) is 0.421. The Bertz CT molecular complexity index is 653. The van der Waals surface area contributed by atoms with Crippen molar-refractivity contribution in [3.8, 4) is 5.75 Å². The first kappa shape index (κ1) is 17.9. The number of hydrogen-bond acceptors (Lipinski definition) is 4. The minimum Gasteiger partial charge on any atom is -0.484 e. The van der Waals surface area contributed by atoms with Crippen LogP contribution in [0.2, 0.25) is 0 Å². The maximum absolute atomic E-state index is 12.8. The molecule has 0 spiro atoms. The third-order valence-corrected chi connectivity index (χ3v) is 5.50. The van der Waals surface area contributed by atoms with Gasteiger partial charge in [0.2, 0.25) is 0 Å². The van der Waals surface area contributed by atoms with Crippen molar-refractivity contribution < 1.29 is 13.9 Å². The number of piperidine rings is 1. The molecule has 2 heterocycles. The molecule has 134 valence electrons. The van der Waals surface area contributed by atoms with Crippen LogP contribution in [0.3, 0.4) is 0 Å². The summed E-state index contributed by atoms with van der Waals surface area (Å²) in [5, 5.41) is 5.02. The van der Waals surface area contributed by atoms with E-state index in [1.54, 1.807) is 0 Å². The van der Waals surface area contributed by atoms with Crippen LogP contribution in [0.15, 0.2) is 41.8 Å². The summed E-state index contributed by atoms with van der Waals surface area (Å²) in [6.45, 7) is 3.58. The molecule has 1 aromatic heterocycles. The minimum atomic E-state index is -0.320. The second-order valence-electron chi connectivity index (χ2n) is 6.22. The van der Waals surface area contributed by atoms with Gasteiger partial charge in [0.1, 0.15) is 11.6 Å². The van der Waals surface area contributed by atoms with Gasteiger partial charge in [-0.25, -0.2) is 4.39 Å². The predicted molar refractivity (Wildman–Crippen MR) is 97.6 cm³/mol. The van der Waals surface area contributed by atoms with Crippen molar-refractivity contribution >= 4 is 17.2 Å². The van der Waals surface area contributed by atoms with E-state index in [9.17, 15) is 9.18 Å². The molecule has 1 aromatic carbocycles. The van der Waals surface area contributed by atoms with Crippen molar-refractivity contribution in [1.82, 2.24) is 10.2 Å². The Morgan fingerprint density at radius 3 is 2.68 bits per heavy atom. The fourth-order valence-electron chi connectivity index (χ4n) is 3.05. The average Bonchev–Trinajstić information content (AvgIpc) is 3.16. The summed E-state index contributed by atoms with van der Waals surface area (Å²) in [5.41, 5.74) is 0. The Morgan fingerprint density at radius 1 is 1.24 bits per heavy atom. The van der Waals surface area contributed by atoms with Gasteiger partial charge >= 0.3 is 0 Å². The predicted octanol–water partition coefficient (Wildman–Crippen LogP) is 3.26. The van der Waals surface area contributed by atoms with Crippen molar-refractivity contribution in [2.75, 3.05) is 32.8 Å². The number of carbonyl (C=O) groups is 1. The standard InChI is InChI=1S/C19H23FN2O2S/c20-16-3-5-17(6-4-16)24-14-19(23)21-9-12-22-10-7-15(8-11-22)18-2-1-13-25-18/h1-6,13,15H,7-12,14H2,(H,21,23). The average molecular weight is 362 g/mol. The smallest absolute Gasteiger partial charge is 0.257 e. The molecule has 1 saturated heterocycles. The molecule has 0 atom stereocenters. The number of ether oxygens (including phenoxy) is 1. The normalized spacial score (nSPS) is 15.9. The molecule has 4 nitrogen and oxygen atoms in total. The number of nitrogens with one attached hydrogen (secondary N) is 1. The highest BCUT2D eigenvalue weighted by molar-refractivity contribution is 7.10.